The van der Waals surface area contributed by atoms with Gasteiger partial charge in [0, 0.05) is 3.57 Å². The number of hydrogen-bond donors (Lipinski definition) is 0. The van der Waals surface area contributed by atoms with Gasteiger partial charge in [-0.05, 0) is 65.5 Å². The van der Waals surface area contributed by atoms with Gasteiger partial charge in [0.25, 0.3) is 0 Å². The van der Waals surface area contributed by atoms with E-state index in [4.69, 9.17) is 0 Å². The predicted molar refractivity (Wildman–Crippen MR) is 69.3 cm³/mol. The summed E-state index contributed by atoms with van der Waals surface area (Å²) < 4.78 is 1.32. The molecule has 1 aliphatic rings. The van der Waals surface area contributed by atoms with E-state index in [0.29, 0.717) is 0 Å². The van der Waals surface area contributed by atoms with Gasteiger partial charge in [-0.2, -0.15) is 0 Å². The van der Waals surface area contributed by atoms with Gasteiger partial charge in [-0.25, -0.2) is 0 Å². The second-order valence-electron chi connectivity index (χ2n) is 4.14. The summed E-state index contributed by atoms with van der Waals surface area (Å²) in [5, 5.41) is 0. The average Bonchev–Trinajstić information content (AvgIpc) is 2.56. The van der Waals surface area contributed by atoms with Crippen molar-refractivity contribution in [2.24, 2.45) is 5.92 Å². The third-order valence-corrected chi connectivity index (χ3v) is 3.50. The molecule has 1 atom stereocenters. The predicted octanol–water partition coefficient (Wildman–Crippen LogP) is 4.19. The highest BCUT2D eigenvalue weighted by atomic mass is 127. The van der Waals surface area contributed by atoms with Crippen LogP contribution in [0.15, 0.2) is 35.9 Å². The zero-order valence-electron chi connectivity index (χ0n) is 8.46. The van der Waals surface area contributed by atoms with Crippen molar-refractivity contribution in [1.29, 1.82) is 0 Å². The summed E-state index contributed by atoms with van der Waals surface area (Å²) in [5.41, 5.74) is 3.07. The van der Waals surface area contributed by atoms with E-state index >= 15 is 0 Å². The molecule has 1 aliphatic carbocycles. The van der Waals surface area contributed by atoms with Gasteiger partial charge in [-0.3, -0.25) is 0 Å². The monoisotopic (exact) mass is 298 g/mol. The Labute approximate surface area is 99.6 Å². The first kappa shape index (κ1) is 10.2. The maximum absolute atomic E-state index is 2.44. The number of allylic oxidation sites excluding steroid dienone is 2. The third-order valence-electron chi connectivity index (χ3n) is 2.79. The molecule has 0 heterocycles. The lowest BCUT2D eigenvalue weighted by Crippen LogP contribution is -1.87. The molecule has 0 spiro atoms. The fourth-order valence-corrected chi connectivity index (χ4v) is 2.35. The molecule has 1 unspecified atom stereocenters. The minimum atomic E-state index is 0.800. The van der Waals surface area contributed by atoms with E-state index in [2.05, 4.69) is 59.9 Å². The van der Waals surface area contributed by atoms with Crippen molar-refractivity contribution < 1.29 is 0 Å². The number of rotatable bonds is 2. The lowest BCUT2D eigenvalue weighted by atomic mass is 10.1. The molecule has 0 fully saturated rings. The first-order chi connectivity index (χ1) is 6.74. The summed E-state index contributed by atoms with van der Waals surface area (Å²) in [5.74, 6) is 0.800. The van der Waals surface area contributed by atoms with E-state index in [1.807, 2.05) is 0 Å². The molecule has 0 aliphatic heterocycles. The van der Waals surface area contributed by atoms with Crippen molar-refractivity contribution in [2.75, 3.05) is 0 Å². The fraction of sp³-hybridized carbons (Fsp3) is 0.385. The molecule has 0 amide bonds. The van der Waals surface area contributed by atoms with Gasteiger partial charge in [-0.15, -0.1) is 0 Å². The summed E-state index contributed by atoms with van der Waals surface area (Å²) >= 11 is 2.35. The van der Waals surface area contributed by atoms with Gasteiger partial charge in [0.15, 0.2) is 0 Å². The molecule has 2 rings (SSSR count). The van der Waals surface area contributed by atoms with Crippen molar-refractivity contribution in [3.05, 3.63) is 45.0 Å². The Bertz CT molecular complexity index is 335. The SMILES string of the molecule is CC1C=C(Cc2ccc(I)cc2)CC1. The normalized spacial score (nSPS) is 21.0. The van der Waals surface area contributed by atoms with Gasteiger partial charge in [-0.1, -0.05) is 30.7 Å². The second-order valence-corrected chi connectivity index (χ2v) is 5.39. The van der Waals surface area contributed by atoms with Crippen LogP contribution in [0.2, 0.25) is 0 Å². The average molecular weight is 298 g/mol. The molecular weight excluding hydrogens is 283 g/mol. The van der Waals surface area contributed by atoms with Crippen LogP contribution in [0.4, 0.5) is 0 Å². The van der Waals surface area contributed by atoms with Crippen molar-refractivity contribution in [2.45, 2.75) is 26.2 Å². The highest BCUT2D eigenvalue weighted by molar-refractivity contribution is 14.1. The summed E-state index contributed by atoms with van der Waals surface area (Å²) in [4.78, 5) is 0. The Kier molecular flexibility index (Phi) is 3.26. The molecule has 0 radical (unpaired) electrons. The van der Waals surface area contributed by atoms with Crippen LogP contribution in [0.25, 0.3) is 0 Å². The lowest BCUT2D eigenvalue weighted by molar-refractivity contribution is 0.696. The third kappa shape index (κ3) is 2.59. The van der Waals surface area contributed by atoms with Crippen LogP contribution in [-0.2, 0) is 6.42 Å². The van der Waals surface area contributed by atoms with Crippen molar-refractivity contribution >= 4 is 22.6 Å². The Morgan fingerprint density at radius 1 is 1.29 bits per heavy atom. The molecule has 0 bridgehead atoms. The van der Waals surface area contributed by atoms with E-state index in [-0.39, 0.29) is 0 Å². The van der Waals surface area contributed by atoms with Gasteiger partial charge >= 0.3 is 0 Å². The van der Waals surface area contributed by atoms with E-state index in [9.17, 15) is 0 Å². The molecule has 1 heteroatoms. The van der Waals surface area contributed by atoms with Crippen molar-refractivity contribution in [3.63, 3.8) is 0 Å². The molecule has 74 valence electrons. The number of benzene rings is 1. The summed E-state index contributed by atoms with van der Waals surface area (Å²) in [6.07, 6.45) is 6.24. The van der Waals surface area contributed by atoms with Crippen LogP contribution >= 0.6 is 22.6 Å². The Morgan fingerprint density at radius 2 is 2.00 bits per heavy atom. The van der Waals surface area contributed by atoms with Gasteiger partial charge < -0.3 is 0 Å². The van der Waals surface area contributed by atoms with Gasteiger partial charge in [0.2, 0.25) is 0 Å². The summed E-state index contributed by atoms with van der Waals surface area (Å²) in [6.45, 7) is 2.31. The van der Waals surface area contributed by atoms with Crippen LogP contribution in [0.1, 0.15) is 25.3 Å². The Morgan fingerprint density at radius 3 is 2.57 bits per heavy atom. The number of halogens is 1. The zero-order chi connectivity index (χ0) is 9.97. The largest absolute Gasteiger partial charge is 0.0821 e. The molecule has 0 N–H and O–H groups in total. The minimum absolute atomic E-state index is 0.800. The smallest absolute Gasteiger partial charge is 0.0130 e. The van der Waals surface area contributed by atoms with Gasteiger partial charge in [0.1, 0.15) is 0 Å². The molecule has 1 aromatic carbocycles. The highest BCUT2D eigenvalue weighted by Crippen LogP contribution is 2.26. The van der Waals surface area contributed by atoms with E-state index in [1.165, 1.54) is 22.0 Å². The van der Waals surface area contributed by atoms with Crippen LogP contribution in [0, 0.1) is 9.49 Å². The molecule has 1 aromatic rings. The quantitative estimate of drug-likeness (QED) is 0.567. The first-order valence-electron chi connectivity index (χ1n) is 5.18. The molecular formula is C13H15I. The van der Waals surface area contributed by atoms with Crippen LogP contribution in [0.5, 0.6) is 0 Å². The van der Waals surface area contributed by atoms with Crippen molar-refractivity contribution in [3.8, 4) is 0 Å². The zero-order valence-corrected chi connectivity index (χ0v) is 10.6. The van der Waals surface area contributed by atoms with E-state index in [1.54, 1.807) is 5.57 Å². The van der Waals surface area contributed by atoms with E-state index in [0.717, 1.165) is 12.3 Å². The minimum Gasteiger partial charge on any atom is -0.0821 e. The van der Waals surface area contributed by atoms with E-state index < -0.39 is 0 Å². The highest BCUT2D eigenvalue weighted by Gasteiger charge is 2.11. The van der Waals surface area contributed by atoms with Crippen LogP contribution < -0.4 is 0 Å². The molecule has 0 saturated heterocycles. The fourth-order valence-electron chi connectivity index (χ4n) is 1.99. The topological polar surface area (TPSA) is 0 Å². The maximum atomic E-state index is 2.44. The van der Waals surface area contributed by atoms with Crippen molar-refractivity contribution in [1.82, 2.24) is 0 Å². The first-order valence-corrected chi connectivity index (χ1v) is 6.26. The molecule has 0 aromatic heterocycles. The van der Waals surface area contributed by atoms with Gasteiger partial charge in [0.05, 0.1) is 0 Å². The summed E-state index contributed by atoms with van der Waals surface area (Å²) in [6, 6.07) is 8.86. The summed E-state index contributed by atoms with van der Waals surface area (Å²) in [7, 11) is 0. The molecule has 0 saturated carbocycles. The maximum Gasteiger partial charge on any atom is 0.0130 e. The standard InChI is InChI=1S/C13H15I/c1-10-2-3-12(8-10)9-11-4-6-13(14)7-5-11/h4-8,10H,2-3,9H2,1H3. The number of hydrogen-bond acceptors (Lipinski definition) is 0. The molecule has 14 heavy (non-hydrogen) atoms. The lowest BCUT2D eigenvalue weighted by Gasteiger charge is -2.01. The Balaban J connectivity index is 2.04. The second kappa shape index (κ2) is 4.47. The molecule has 0 nitrogen and oxygen atoms in total. The van der Waals surface area contributed by atoms with Crippen LogP contribution in [0.3, 0.4) is 0 Å². The van der Waals surface area contributed by atoms with Crippen LogP contribution in [-0.4, -0.2) is 0 Å². The Hall–Kier alpha value is -0.310.